The molecule has 0 spiro atoms. The summed E-state index contributed by atoms with van der Waals surface area (Å²) < 4.78 is 5.34. The van der Waals surface area contributed by atoms with Gasteiger partial charge >= 0.3 is 0 Å². The van der Waals surface area contributed by atoms with Gasteiger partial charge in [-0.1, -0.05) is 6.07 Å². The van der Waals surface area contributed by atoms with E-state index in [0.29, 0.717) is 23.5 Å². The molecule has 1 aromatic rings. The molecule has 0 saturated heterocycles. The highest BCUT2D eigenvalue weighted by atomic mass is 16.5. The minimum Gasteiger partial charge on any atom is -0.482 e. The largest absolute Gasteiger partial charge is 0.482 e. The molecule has 0 unspecified atom stereocenters. The van der Waals surface area contributed by atoms with Gasteiger partial charge in [0.25, 0.3) is 5.91 Å². The van der Waals surface area contributed by atoms with E-state index >= 15 is 0 Å². The van der Waals surface area contributed by atoms with Crippen molar-refractivity contribution in [1.82, 2.24) is 0 Å². The van der Waals surface area contributed by atoms with Crippen molar-refractivity contribution in [2.45, 2.75) is 6.92 Å². The van der Waals surface area contributed by atoms with Crippen LogP contribution in [-0.4, -0.2) is 19.1 Å². The average Bonchev–Trinajstić information content (AvgIpc) is 2.44. The van der Waals surface area contributed by atoms with Gasteiger partial charge in [-0.2, -0.15) is 10.5 Å². The number of carbonyl (C=O) groups excluding carboxylic acids is 1. The van der Waals surface area contributed by atoms with Crippen molar-refractivity contribution >= 4 is 17.7 Å². The Kier molecular flexibility index (Phi) is 3.49. The van der Waals surface area contributed by atoms with Crippen LogP contribution >= 0.6 is 0 Å². The van der Waals surface area contributed by atoms with Crippen LogP contribution in [0.2, 0.25) is 0 Å². The van der Waals surface area contributed by atoms with Crippen LogP contribution in [0.15, 0.2) is 23.8 Å². The number of hydrogen-bond acceptors (Lipinski definition) is 4. The lowest BCUT2D eigenvalue weighted by Gasteiger charge is -2.28. The Morgan fingerprint density at radius 1 is 1.47 bits per heavy atom. The molecule has 0 aliphatic carbocycles. The number of nitriles is 2. The Balaban J connectivity index is 2.46. The molecule has 0 radical (unpaired) electrons. The first kappa shape index (κ1) is 12.7. The van der Waals surface area contributed by atoms with E-state index in [0.717, 1.165) is 0 Å². The first-order chi connectivity index (χ1) is 9.19. The van der Waals surface area contributed by atoms with E-state index in [4.69, 9.17) is 15.3 Å². The van der Waals surface area contributed by atoms with Gasteiger partial charge in [0.05, 0.1) is 5.69 Å². The number of carbonyl (C=O) groups is 1. The van der Waals surface area contributed by atoms with Crippen molar-refractivity contribution in [1.29, 1.82) is 10.5 Å². The zero-order valence-corrected chi connectivity index (χ0v) is 10.4. The zero-order valence-electron chi connectivity index (χ0n) is 10.4. The molecule has 1 aromatic carbocycles. The third-order valence-electron chi connectivity index (χ3n) is 2.79. The van der Waals surface area contributed by atoms with Crippen LogP contribution in [0.4, 0.5) is 5.69 Å². The Morgan fingerprint density at radius 2 is 2.21 bits per heavy atom. The van der Waals surface area contributed by atoms with Gasteiger partial charge < -0.3 is 9.64 Å². The van der Waals surface area contributed by atoms with Gasteiger partial charge in [0, 0.05) is 6.54 Å². The van der Waals surface area contributed by atoms with Crippen LogP contribution in [0.5, 0.6) is 5.75 Å². The summed E-state index contributed by atoms with van der Waals surface area (Å²) in [5, 5.41) is 17.5. The maximum Gasteiger partial charge on any atom is 0.265 e. The fourth-order valence-corrected chi connectivity index (χ4v) is 1.91. The molecule has 0 atom stereocenters. The predicted octanol–water partition coefficient (Wildman–Crippen LogP) is 1.86. The van der Waals surface area contributed by atoms with Crippen LogP contribution in [0, 0.1) is 22.7 Å². The Labute approximate surface area is 110 Å². The molecule has 0 fully saturated rings. The number of amides is 1. The number of ether oxygens (including phenoxy) is 1. The minimum absolute atomic E-state index is 0.0195. The molecule has 5 nitrogen and oxygen atoms in total. The molecule has 0 N–H and O–H groups in total. The molecule has 0 bridgehead atoms. The highest BCUT2D eigenvalue weighted by molar-refractivity contribution is 5.98. The summed E-state index contributed by atoms with van der Waals surface area (Å²) in [5.74, 6) is 0.533. The van der Waals surface area contributed by atoms with Crippen molar-refractivity contribution in [3.8, 4) is 17.9 Å². The number of likely N-dealkylation sites (N-methyl/N-ethyl adjacent to an activating group) is 1. The predicted molar refractivity (Wildman–Crippen MR) is 69.2 cm³/mol. The molecule has 1 heterocycles. The van der Waals surface area contributed by atoms with Crippen LogP contribution in [0.1, 0.15) is 12.5 Å². The number of hydrogen-bond donors (Lipinski definition) is 0. The topological polar surface area (TPSA) is 77.1 Å². The first-order valence-electron chi connectivity index (χ1n) is 5.78. The van der Waals surface area contributed by atoms with Gasteiger partial charge in [0.15, 0.2) is 6.61 Å². The number of allylic oxidation sites excluding steroid dienone is 1. The molecule has 0 aromatic heterocycles. The van der Waals surface area contributed by atoms with E-state index in [2.05, 4.69) is 0 Å². The third-order valence-corrected chi connectivity index (χ3v) is 2.79. The molecule has 5 heteroatoms. The first-order valence-corrected chi connectivity index (χ1v) is 5.78. The normalized spacial score (nSPS) is 12.8. The SMILES string of the molecule is CCN1C(=O)COc2ccc(C=C(C#N)C#N)cc21. The molecule has 94 valence electrons. The molecule has 0 saturated carbocycles. The highest BCUT2D eigenvalue weighted by Crippen LogP contribution is 2.33. The lowest BCUT2D eigenvalue weighted by atomic mass is 10.1. The minimum atomic E-state index is -0.100. The van der Waals surface area contributed by atoms with Crippen molar-refractivity contribution in [2.24, 2.45) is 0 Å². The Bertz CT molecular complexity index is 619. The monoisotopic (exact) mass is 253 g/mol. The molecule has 2 rings (SSSR count). The molecule has 1 amide bonds. The van der Waals surface area contributed by atoms with Gasteiger partial charge in [0.1, 0.15) is 23.5 Å². The van der Waals surface area contributed by atoms with E-state index in [-0.39, 0.29) is 18.1 Å². The van der Waals surface area contributed by atoms with Crippen LogP contribution < -0.4 is 9.64 Å². The molecular formula is C14H11N3O2. The highest BCUT2D eigenvalue weighted by Gasteiger charge is 2.24. The summed E-state index contributed by atoms with van der Waals surface area (Å²) in [6.45, 7) is 2.47. The van der Waals surface area contributed by atoms with E-state index < -0.39 is 0 Å². The van der Waals surface area contributed by atoms with E-state index in [1.165, 1.54) is 6.08 Å². The summed E-state index contributed by atoms with van der Waals surface area (Å²) in [5.41, 5.74) is 1.38. The molecular weight excluding hydrogens is 242 g/mol. The van der Waals surface area contributed by atoms with E-state index in [1.807, 2.05) is 6.92 Å². The quantitative estimate of drug-likeness (QED) is 0.754. The number of fused-ring (bicyclic) bond motifs is 1. The second-order valence-electron chi connectivity index (χ2n) is 3.94. The third kappa shape index (κ3) is 2.41. The molecule has 19 heavy (non-hydrogen) atoms. The standard InChI is InChI=1S/C14H11N3O2/c1-2-17-12-6-10(5-11(7-15)8-16)3-4-13(12)19-9-14(17)18/h3-6H,2,9H2,1H3. The summed E-state index contributed by atoms with van der Waals surface area (Å²) in [4.78, 5) is 13.3. The number of benzene rings is 1. The fourth-order valence-electron chi connectivity index (χ4n) is 1.91. The van der Waals surface area contributed by atoms with Crippen molar-refractivity contribution in [2.75, 3.05) is 18.1 Å². The van der Waals surface area contributed by atoms with Gasteiger partial charge in [0.2, 0.25) is 0 Å². The van der Waals surface area contributed by atoms with Gasteiger partial charge in [-0.25, -0.2) is 0 Å². The zero-order chi connectivity index (χ0) is 13.8. The lowest BCUT2D eigenvalue weighted by Crippen LogP contribution is -2.38. The smallest absolute Gasteiger partial charge is 0.265 e. The number of nitrogens with zero attached hydrogens (tertiary/aromatic N) is 3. The second kappa shape index (κ2) is 5.24. The van der Waals surface area contributed by atoms with Crippen molar-refractivity contribution in [3.05, 3.63) is 29.3 Å². The Hall–Kier alpha value is -2.79. The van der Waals surface area contributed by atoms with Crippen molar-refractivity contribution in [3.63, 3.8) is 0 Å². The van der Waals surface area contributed by atoms with Gasteiger partial charge in [-0.3, -0.25) is 4.79 Å². The van der Waals surface area contributed by atoms with Crippen LogP contribution in [0.3, 0.4) is 0 Å². The van der Waals surface area contributed by atoms with E-state index in [1.54, 1.807) is 35.2 Å². The van der Waals surface area contributed by atoms with Crippen molar-refractivity contribution < 1.29 is 9.53 Å². The number of anilines is 1. The number of rotatable bonds is 2. The maximum absolute atomic E-state index is 11.7. The average molecular weight is 253 g/mol. The lowest BCUT2D eigenvalue weighted by molar-refractivity contribution is -0.121. The summed E-state index contributed by atoms with van der Waals surface area (Å²) in [7, 11) is 0. The summed E-state index contributed by atoms with van der Waals surface area (Å²) >= 11 is 0. The van der Waals surface area contributed by atoms with Crippen LogP contribution in [0.25, 0.3) is 6.08 Å². The van der Waals surface area contributed by atoms with Crippen LogP contribution in [-0.2, 0) is 4.79 Å². The maximum atomic E-state index is 11.7. The van der Waals surface area contributed by atoms with Gasteiger partial charge in [-0.05, 0) is 30.7 Å². The summed E-state index contributed by atoms with van der Waals surface area (Å²) in [6.07, 6.45) is 1.48. The second-order valence-corrected chi connectivity index (χ2v) is 3.94. The molecule has 1 aliphatic heterocycles. The Morgan fingerprint density at radius 3 is 2.84 bits per heavy atom. The summed E-state index contributed by atoms with van der Waals surface area (Å²) in [6, 6.07) is 8.83. The van der Waals surface area contributed by atoms with Gasteiger partial charge in [-0.15, -0.1) is 0 Å². The van der Waals surface area contributed by atoms with E-state index in [9.17, 15) is 4.79 Å². The fraction of sp³-hybridized carbons (Fsp3) is 0.214. The molecule has 1 aliphatic rings.